The van der Waals surface area contributed by atoms with E-state index in [2.05, 4.69) is 19.9 Å². The van der Waals surface area contributed by atoms with Gasteiger partial charge < -0.3 is 15.5 Å². The summed E-state index contributed by atoms with van der Waals surface area (Å²) in [6, 6.07) is 16.7. The third-order valence-corrected chi connectivity index (χ3v) is 5.13. The summed E-state index contributed by atoms with van der Waals surface area (Å²) in [4.78, 5) is 8.89. The zero-order valence-electron chi connectivity index (χ0n) is 16.7. The van der Waals surface area contributed by atoms with Gasteiger partial charge in [-0.3, -0.25) is 4.99 Å². The minimum Gasteiger partial charge on any atom is -0.370 e. The number of hydrogen-bond acceptors (Lipinski definition) is 3. The van der Waals surface area contributed by atoms with Gasteiger partial charge in [-0.25, -0.2) is 9.07 Å². The van der Waals surface area contributed by atoms with E-state index in [9.17, 15) is 4.39 Å². The largest absolute Gasteiger partial charge is 0.370 e. The average Bonchev–Trinajstić information content (AvgIpc) is 3.24. The van der Waals surface area contributed by atoms with Gasteiger partial charge in [-0.1, -0.05) is 18.2 Å². The Hall–Kier alpha value is -2.62. The molecule has 2 N–H and O–H groups in total. The van der Waals surface area contributed by atoms with Crippen molar-refractivity contribution < 1.29 is 4.39 Å². The Morgan fingerprint density at radius 3 is 2.37 bits per heavy atom. The lowest BCUT2D eigenvalue weighted by atomic mass is 10.2. The smallest absolute Gasteiger partial charge is 0.191 e. The summed E-state index contributed by atoms with van der Waals surface area (Å²) >= 11 is 0. The number of anilines is 1. The maximum Gasteiger partial charge on any atom is 0.191 e. The molecule has 0 atom stereocenters. The Balaban J connectivity index is 0.00000256. The predicted octanol–water partition coefficient (Wildman–Crippen LogP) is 3.31. The van der Waals surface area contributed by atoms with Crippen LogP contribution in [0.2, 0.25) is 0 Å². The fraction of sp³-hybridized carbons (Fsp3) is 0.273. The fourth-order valence-corrected chi connectivity index (χ4v) is 3.46. The number of benzene rings is 2. The van der Waals surface area contributed by atoms with Crippen LogP contribution in [0.5, 0.6) is 0 Å². The molecular weight excluding hydrogens is 494 g/mol. The number of aliphatic imine (C=N–C) groups is 1. The molecule has 6 nitrogen and oxygen atoms in total. The molecule has 0 amide bonds. The van der Waals surface area contributed by atoms with Crippen LogP contribution in [0.4, 0.5) is 10.1 Å². The monoisotopic (exact) mass is 520 g/mol. The first kappa shape index (κ1) is 22.1. The molecule has 0 radical (unpaired) electrons. The second-order valence-electron chi connectivity index (χ2n) is 7.07. The summed E-state index contributed by atoms with van der Waals surface area (Å²) in [5, 5.41) is 4.41. The first-order valence-corrected chi connectivity index (χ1v) is 9.83. The molecule has 0 saturated carbocycles. The van der Waals surface area contributed by atoms with Crippen LogP contribution in [-0.2, 0) is 6.42 Å². The Kier molecular flexibility index (Phi) is 7.67. The molecule has 0 bridgehead atoms. The van der Waals surface area contributed by atoms with Crippen LogP contribution >= 0.6 is 24.0 Å². The van der Waals surface area contributed by atoms with Gasteiger partial charge in [-0.2, -0.15) is 5.10 Å². The molecule has 158 valence electrons. The van der Waals surface area contributed by atoms with Crippen LogP contribution in [0, 0.1) is 5.82 Å². The summed E-state index contributed by atoms with van der Waals surface area (Å²) in [6.45, 7) is 3.92. The lowest BCUT2D eigenvalue weighted by Gasteiger charge is -2.36. The van der Waals surface area contributed by atoms with E-state index in [1.807, 2.05) is 59.5 Å². The maximum absolute atomic E-state index is 13.1. The number of rotatable bonds is 5. The number of nitrogens with two attached hydrogens (primary N) is 1. The normalized spacial score (nSPS) is 14.5. The standard InChI is InChI=1S/C22H25FN6.HI/c23-19-6-8-20(9-7-19)27-12-14-28(15-13-27)22(24)25-11-10-18-16-26-29(17-18)21-4-2-1-3-5-21;/h1-9,16-17H,10-15H2,(H2,24,25);1H. The summed E-state index contributed by atoms with van der Waals surface area (Å²) in [7, 11) is 0. The van der Waals surface area contributed by atoms with E-state index in [1.165, 1.54) is 12.1 Å². The van der Waals surface area contributed by atoms with Gasteiger partial charge in [0.05, 0.1) is 11.9 Å². The van der Waals surface area contributed by atoms with E-state index in [0.717, 1.165) is 49.5 Å². The van der Waals surface area contributed by atoms with Crippen molar-refractivity contribution in [2.24, 2.45) is 10.7 Å². The summed E-state index contributed by atoms with van der Waals surface area (Å²) in [5.41, 5.74) is 9.41. The summed E-state index contributed by atoms with van der Waals surface area (Å²) in [6.07, 6.45) is 4.70. The third kappa shape index (κ3) is 5.50. The Morgan fingerprint density at radius 1 is 0.967 bits per heavy atom. The number of nitrogens with zero attached hydrogens (tertiary/aromatic N) is 5. The number of para-hydroxylation sites is 1. The minimum atomic E-state index is -0.210. The van der Waals surface area contributed by atoms with E-state index < -0.39 is 0 Å². The topological polar surface area (TPSA) is 62.7 Å². The van der Waals surface area contributed by atoms with Gasteiger partial charge in [-0.05, 0) is 48.4 Å². The number of piperazine rings is 1. The molecule has 3 aromatic rings. The zero-order chi connectivity index (χ0) is 20.1. The van der Waals surface area contributed by atoms with Crippen molar-refractivity contribution in [1.82, 2.24) is 14.7 Å². The van der Waals surface area contributed by atoms with E-state index in [-0.39, 0.29) is 29.8 Å². The molecule has 1 aliphatic rings. The highest BCUT2D eigenvalue weighted by atomic mass is 127. The second kappa shape index (κ2) is 10.4. The first-order chi connectivity index (χ1) is 14.2. The van der Waals surface area contributed by atoms with Crippen LogP contribution < -0.4 is 10.6 Å². The van der Waals surface area contributed by atoms with Gasteiger partial charge in [0.15, 0.2) is 5.96 Å². The van der Waals surface area contributed by atoms with Gasteiger partial charge in [0.1, 0.15) is 5.82 Å². The second-order valence-corrected chi connectivity index (χ2v) is 7.07. The quantitative estimate of drug-likeness (QED) is 0.319. The lowest BCUT2D eigenvalue weighted by molar-refractivity contribution is 0.381. The molecule has 0 spiro atoms. The molecule has 2 aromatic carbocycles. The predicted molar refractivity (Wildman–Crippen MR) is 129 cm³/mol. The van der Waals surface area contributed by atoms with Crippen molar-refractivity contribution in [3.63, 3.8) is 0 Å². The maximum atomic E-state index is 13.1. The fourth-order valence-electron chi connectivity index (χ4n) is 3.46. The van der Waals surface area contributed by atoms with Crippen molar-refractivity contribution in [2.45, 2.75) is 6.42 Å². The lowest BCUT2D eigenvalue weighted by Crippen LogP contribution is -2.51. The molecule has 1 saturated heterocycles. The third-order valence-electron chi connectivity index (χ3n) is 5.13. The molecule has 1 fully saturated rings. The van der Waals surface area contributed by atoms with Crippen LogP contribution in [0.3, 0.4) is 0 Å². The van der Waals surface area contributed by atoms with Crippen LogP contribution in [0.25, 0.3) is 5.69 Å². The van der Waals surface area contributed by atoms with Gasteiger partial charge in [0, 0.05) is 44.6 Å². The SMILES string of the molecule is I.NC(=NCCc1cnn(-c2ccccc2)c1)N1CCN(c2ccc(F)cc2)CC1. The molecule has 1 aliphatic heterocycles. The van der Waals surface area contributed by atoms with Crippen molar-refractivity contribution in [3.05, 3.63) is 78.4 Å². The zero-order valence-corrected chi connectivity index (χ0v) is 19.0. The minimum absolute atomic E-state index is 0. The summed E-state index contributed by atoms with van der Waals surface area (Å²) < 4.78 is 15.0. The number of guanidine groups is 1. The van der Waals surface area contributed by atoms with Crippen LogP contribution in [0.15, 0.2) is 72.0 Å². The Morgan fingerprint density at radius 2 is 1.67 bits per heavy atom. The van der Waals surface area contributed by atoms with Crippen molar-refractivity contribution in [2.75, 3.05) is 37.6 Å². The Bertz CT molecular complexity index is 949. The highest BCUT2D eigenvalue weighted by Crippen LogP contribution is 2.17. The Labute approximate surface area is 193 Å². The molecular formula is C22H26FIN6. The molecule has 0 aliphatic carbocycles. The highest BCUT2D eigenvalue weighted by Gasteiger charge is 2.18. The highest BCUT2D eigenvalue weighted by molar-refractivity contribution is 14.0. The van der Waals surface area contributed by atoms with E-state index in [0.29, 0.717) is 12.5 Å². The van der Waals surface area contributed by atoms with E-state index >= 15 is 0 Å². The van der Waals surface area contributed by atoms with Crippen molar-refractivity contribution in [3.8, 4) is 5.69 Å². The van der Waals surface area contributed by atoms with E-state index in [4.69, 9.17) is 5.73 Å². The van der Waals surface area contributed by atoms with Gasteiger partial charge >= 0.3 is 0 Å². The van der Waals surface area contributed by atoms with Gasteiger partial charge in [0.2, 0.25) is 0 Å². The van der Waals surface area contributed by atoms with Crippen molar-refractivity contribution in [1.29, 1.82) is 0 Å². The number of hydrogen-bond donors (Lipinski definition) is 1. The van der Waals surface area contributed by atoms with E-state index in [1.54, 1.807) is 0 Å². The number of aromatic nitrogens is 2. The number of halogens is 2. The van der Waals surface area contributed by atoms with Crippen LogP contribution in [0.1, 0.15) is 5.56 Å². The molecule has 1 aromatic heterocycles. The summed E-state index contributed by atoms with van der Waals surface area (Å²) in [5.74, 6) is 0.372. The molecule has 30 heavy (non-hydrogen) atoms. The van der Waals surface area contributed by atoms with Crippen LogP contribution in [-0.4, -0.2) is 53.4 Å². The first-order valence-electron chi connectivity index (χ1n) is 9.83. The van der Waals surface area contributed by atoms with Crippen molar-refractivity contribution >= 4 is 35.6 Å². The molecule has 2 heterocycles. The van der Waals surface area contributed by atoms with Gasteiger partial charge in [-0.15, -0.1) is 24.0 Å². The molecule has 8 heteroatoms. The average molecular weight is 520 g/mol. The van der Waals surface area contributed by atoms with Gasteiger partial charge in [0.25, 0.3) is 0 Å². The molecule has 0 unspecified atom stereocenters. The molecule has 4 rings (SSSR count).